The van der Waals surface area contributed by atoms with E-state index in [-0.39, 0.29) is 5.91 Å². The lowest BCUT2D eigenvalue weighted by Gasteiger charge is -2.17. The molecule has 1 N–H and O–H groups in total. The highest BCUT2D eigenvalue weighted by Crippen LogP contribution is 2.17. The van der Waals surface area contributed by atoms with Crippen molar-refractivity contribution in [1.82, 2.24) is 5.32 Å². The molecule has 0 saturated carbocycles. The fraction of sp³-hybridized carbons (Fsp3) is 0.188. The van der Waals surface area contributed by atoms with Crippen molar-refractivity contribution in [3.63, 3.8) is 0 Å². The number of nitrogens with one attached hydrogen (secondary N) is 1. The van der Waals surface area contributed by atoms with Crippen LogP contribution in [0.4, 0.5) is 5.69 Å². The lowest BCUT2D eigenvalue weighted by Crippen LogP contribution is -2.24. The molecule has 98 valence electrons. The molecule has 0 aliphatic heterocycles. The van der Waals surface area contributed by atoms with E-state index in [4.69, 9.17) is 0 Å². The van der Waals surface area contributed by atoms with E-state index in [1.165, 1.54) is 0 Å². The quantitative estimate of drug-likeness (QED) is 0.909. The Bertz CT molecular complexity index is 550. The van der Waals surface area contributed by atoms with Gasteiger partial charge in [-0.25, -0.2) is 0 Å². The molecule has 3 heteroatoms. The van der Waals surface area contributed by atoms with Crippen LogP contribution in [0.25, 0.3) is 0 Å². The van der Waals surface area contributed by atoms with Crippen LogP contribution in [0.15, 0.2) is 54.6 Å². The predicted octanol–water partition coefficient (Wildman–Crippen LogP) is 2.68. The van der Waals surface area contributed by atoms with Gasteiger partial charge in [0.1, 0.15) is 0 Å². The lowest BCUT2D eigenvalue weighted by molar-refractivity contribution is 0.0951. The number of benzene rings is 2. The number of hydrogen-bond acceptors (Lipinski definition) is 2. The number of amides is 1. The van der Waals surface area contributed by atoms with Gasteiger partial charge >= 0.3 is 0 Å². The SMILES string of the molecule is CN(C)c1ccccc1CNC(=O)c1ccccc1. The van der Waals surface area contributed by atoms with E-state index in [0.29, 0.717) is 12.1 Å². The zero-order valence-corrected chi connectivity index (χ0v) is 11.3. The number of para-hydroxylation sites is 1. The summed E-state index contributed by atoms with van der Waals surface area (Å²) in [6, 6.07) is 17.3. The van der Waals surface area contributed by atoms with Gasteiger partial charge in [-0.2, -0.15) is 0 Å². The van der Waals surface area contributed by atoms with Crippen LogP contribution >= 0.6 is 0 Å². The third kappa shape index (κ3) is 3.35. The number of carbonyl (C=O) groups is 1. The molecule has 2 rings (SSSR count). The topological polar surface area (TPSA) is 32.3 Å². The molecule has 1 amide bonds. The van der Waals surface area contributed by atoms with Crippen molar-refractivity contribution >= 4 is 11.6 Å². The van der Waals surface area contributed by atoms with Crippen molar-refractivity contribution in [3.8, 4) is 0 Å². The Morgan fingerprint density at radius 3 is 2.32 bits per heavy atom. The highest BCUT2D eigenvalue weighted by atomic mass is 16.1. The fourth-order valence-corrected chi connectivity index (χ4v) is 1.96. The Hall–Kier alpha value is -2.29. The first-order valence-electron chi connectivity index (χ1n) is 6.27. The molecule has 0 unspecified atom stereocenters. The smallest absolute Gasteiger partial charge is 0.251 e. The van der Waals surface area contributed by atoms with Gasteiger partial charge in [0, 0.05) is 31.9 Å². The molecule has 0 radical (unpaired) electrons. The molecule has 0 aliphatic rings. The van der Waals surface area contributed by atoms with E-state index in [9.17, 15) is 4.79 Å². The maximum absolute atomic E-state index is 12.0. The Morgan fingerprint density at radius 2 is 1.63 bits per heavy atom. The molecular formula is C16H18N2O. The van der Waals surface area contributed by atoms with Crippen LogP contribution in [-0.2, 0) is 6.54 Å². The van der Waals surface area contributed by atoms with Crippen LogP contribution in [0, 0.1) is 0 Å². The minimum Gasteiger partial charge on any atom is -0.377 e. The van der Waals surface area contributed by atoms with Crippen molar-refractivity contribution < 1.29 is 4.79 Å². The molecule has 3 nitrogen and oxygen atoms in total. The van der Waals surface area contributed by atoms with Gasteiger partial charge in [0.15, 0.2) is 0 Å². The minimum absolute atomic E-state index is 0.0471. The third-order valence-electron chi connectivity index (χ3n) is 2.95. The van der Waals surface area contributed by atoms with Crippen LogP contribution in [0.3, 0.4) is 0 Å². The highest BCUT2D eigenvalue weighted by Gasteiger charge is 2.07. The average Bonchev–Trinajstić information content (AvgIpc) is 2.46. The molecule has 19 heavy (non-hydrogen) atoms. The molecule has 0 aromatic heterocycles. The molecule has 2 aromatic rings. The summed E-state index contributed by atoms with van der Waals surface area (Å²) in [6.07, 6.45) is 0. The van der Waals surface area contributed by atoms with E-state index in [0.717, 1.165) is 11.3 Å². The first-order chi connectivity index (χ1) is 9.18. The normalized spacial score (nSPS) is 10.0. The lowest BCUT2D eigenvalue weighted by atomic mass is 10.1. The summed E-state index contributed by atoms with van der Waals surface area (Å²) in [5.74, 6) is -0.0471. The first-order valence-corrected chi connectivity index (χ1v) is 6.27. The summed E-state index contributed by atoms with van der Waals surface area (Å²) in [6.45, 7) is 0.530. The van der Waals surface area contributed by atoms with Crippen molar-refractivity contribution in [3.05, 3.63) is 65.7 Å². The van der Waals surface area contributed by atoms with E-state index >= 15 is 0 Å². The van der Waals surface area contributed by atoms with Gasteiger partial charge in [-0.05, 0) is 23.8 Å². The molecule has 0 bridgehead atoms. The van der Waals surface area contributed by atoms with Gasteiger partial charge in [-0.1, -0.05) is 36.4 Å². The summed E-state index contributed by atoms with van der Waals surface area (Å²) in [4.78, 5) is 14.0. The molecule has 0 saturated heterocycles. The van der Waals surface area contributed by atoms with Gasteiger partial charge in [-0.3, -0.25) is 4.79 Å². The summed E-state index contributed by atoms with van der Waals surface area (Å²) in [7, 11) is 4.00. The second-order valence-electron chi connectivity index (χ2n) is 4.57. The number of hydrogen-bond donors (Lipinski definition) is 1. The van der Waals surface area contributed by atoms with E-state index in [2.05, 4.69) is 5.32 Å². The molecule has 0 aliphatic carbocycles. The Kier molecular flexibility index (Phi) is 4.18. The van der Waals surface area contributed by atoms with Gasteiger partial charge in [-0.15, -0.1) is 0 Å². The minimum atomic E-state index is -0.0471. The molecule has 2 aromatic carbocycles. The number of nitrogens with zero attached hydrogens (tertiary/aromatic N) is 1. The fourth-order valence-electron chi connectivity index (χ4n) is 1.96. The molecular weight excluding hydrogens is 236 g/mol. The Balaban J connectivity index is 2.05. The molecule has 0 heterocycles. The Morgan fingerprint density at radius 1 is 1.00 bits per heavy atom. The maximum atomic E-state index is 12.0. The van der Waals surface area contributed by atoms with Crippen LogP contribution in [-0.4, -0.2) is 20.0 Å². The molecule has 0 atom stereocenters. The highest BCUT2D eigenvalue weighted by molar-refractivity contribution is 5.94. The average molecular weight is 254 g/mol. The second-order valence-corrected chi connectivity index (χ2v) is 4.57. The Labute approximate surface area is 113 Å². The largest absolute Gasteiger partial charge is 0.377 e. The van der Waals surface area contributed by atoms with Crippen molar-refractivity contribution in [2.45, 2.75) is 6.54 Å². The van der Waals surface area contributed by atoms with Gasteiger partial charge in [0.05, 0.1) is 0 Å². The van der Waals surface area contributed by atoms with Crippen molar-refractivity contribution in [2.24, 2.45) is 0 Å². The molecule has 0 spiro atoms. The zero-order valence-electron chi connectivity index (χ0n) is 11.3. The second kappa shape index (κ2) is 6.05. The van der Waals surface area contributed by atoms with E-state index in [1.807, 2.05) is 73.6 Å². The molecule has 0 fully saturated rings. The van der Waals surface area contributed by atoms with Gasteiger partial charge in [0.25, 0.3) is 5.91 Å². The third-order valence-corrected chi connectivity index (χ3v) is 2.95. The summed E-state index contributed by atoms with van der Waals surface area (Å²) < 4.78 is 0. The van der Waals surface area contributed by atoms with Crippen LogP contribution < -0.4 is 10.2 Å². The van der Waals surface area contributed by atoms with Crippen LogP contribution in [0.2, 0.25) is 0 Å². The number of rotatable bonds is 4. The van der Waals surface area contributed by atoms with E-state index in [1.54, 1.807) is 0 Å². The van der Waals surface area contributed by atoms with Crippen LogP contribution in [0.1, 0.15) is 15.9 Å². The monoisotopic (exact) mass is 254 g/mol. The van der Waals surface area contributed by atoms with Crippen molar-refractivity contribution in [1.29, 1.82) is 0 Å². The number of carbonyl (C=O) groups excluding carboxylic acids is 1. The zero-order chi connectivity index (χ0) is 13.7. The van der Waals surface area contributed by atoms with Gasteiger partial charge < -0.3 is 10.2 Å². The maximum Gasteiger partial charge on any atom is 0.251 e. The summed E-state index contributed by atoms with van der Waals surface area (Å²) >= 11 is 0. The van der Waals surface area contributed by atoms with Crippen molar-refractivity contribution in [2.75, 3.05) is 19.0 Å². The summed E-state index contributed by atoms with van der Waals surface area (Å²) in [5, 5.41) is 2.94. The number of anilines is 1. The first kappa shape index (κ1) is 13.1. The van der Waals surface area contributed by atoms with E-state index < -0.39 is 0 Å². The van der Waals surface area contributed by atoms with Crippen LogP contribution in [0.5, 0.6) is 0 Å². The predicted molar refractivity (Wildman–Crippen MR) is 78.4 cm³/mol. The van der Waals surface area contributed by atoms with Gasteiger partial charge in [0.2, 0.25) is 0 Å². The summed E-state index contributed by atoms with van der Waals surface area (Å²) in [5.41, 5.74) is 2.91. The standard InChI is InChI=1S/C16H18N2O/c1-18(2)15-11-7-6-10-14(15)12-17-16(19)13-8-4-3-5-9-13/h3-11H,12H2,1-2H3,(H,17,19).